The summed E-state index contributed by atoms with van der Waals surface area (Å²) in [5.41, 5.74) is 13.4. The van der Waals surface area contributed by atoms with Crippen molar-refractivity contribution in [3.63, 3.8) is 0 Å². The van der Waals surface area contributed by atoms with Crippen molar-refractivity contribution >= 4 is 45.1 Å². The summed E-state index contributed by atoms with van der Waals surface area (Å²) < 4.78 is 10.5. The first-order valence-corrected chi connectivity index (χ1v) is 11.9. The number of carbonyl (C=O) groups is 3. The SMILES string of the molecule is CC(=O)Nc1ccc(OC(=O)C(N)CSSCC(N)C(=O)Oc2ccc(C)cc2)cc1. The monoisotopic (exact) mass is 463 g/mol. The summed E-state index contributed by atoms with van der Waals surface area (Å²) in [6, 6.07) is 11.8. The van der Waals surface area contributed by atoms with Gasteiger partial charge < -0.3 is 26.3 Å². The van der Waals surface area contributed by atoms with Crippen molar-refractivity contribution in [2.24, 2.45) is 11.5 Å². The molecule has 166 valence electrons. The zero-order valence-corrected chi connectivity index (χ0v) is 18.8. The van der Waals surface area contributed by atoms with Crippen LogP contribution in [0.5, 0.6) is 11.5 Å². The quantitative estimate of drug-likeness (QED) is 0.210. The minimum absolute atomic E-state index is 0.190. The number of benzene rings is 2. The Morgan fingerprint density at radius 3 is 1.68 bits per heavy atom. The molecule has 0 aliphatic carbocycles. The fraction of sp³-hybridized carbons (Fsp3) is 0.286. The van der Waals surface area contributed by atoms with Crippen molar-refractivity contribution in [2.75, 3.05) is 16.8 Å². The van der Waals surface area contributed by atoms with E-state index in [0.717, 1.165) is 5.56 Å². The van der Waals surface area contributed by atoms with E-state index < -0.39 is 24.0 Å². The molecule has 8 nitrogen and oxygen atoms in total. The molecule has 1 amide bonds. The summed E-state index contributed by atoms with van der Waals surface area (Å²) in [6.45, 7) is 3.35. The van der Waals surface area contributed by atoms with Crippen molar-refractivity contribution in [3.8, 4) is 11.5 Å². The first-order valence-electron chi connectivity index (χ1n) is 9.38. The van der Waals surface area contributed by atoms with Gasteiger partial charge in [-0.2, -0.15) is 0 Å². The van der Waals surface area contributed by atoms with Gasteiger partial charge in [-0.15, -0.1) is 0 Å². The molecule has 2 aromatic rings. The van der Waals surface area contributed by atoms with Crippen LogP contribution in [0.1, 0.15) is 12.5 Å². The Balaban J connectivity index is 1.67. The molecule has 0 aromatic heterocycles. The molecule has 0 aliphatic heterocycles. The molecule has 0 saturated carbocycles. The summed E-state index contributed by atoms with van der Waals surface area (Å²) in [7, 11) is 2.64. The lowest BCUT2D eigenvalue weighted by Crippen LogP contribution is -2.37. The Kier molecular flexibility index (Phi) is 9.86. The van der Waals surface area contributed by atoms with Gasteiger partial charge in [-0.05, 0) is 43.3 Å². The fourth-order valence-electron chi connectivity index (χ4n) is 2.18. The molecule has 0 bridgehead atoms. The van der Waals surface area contributed by atoms with E-state index in [1.54, 1.807) is 36.4 Å². The third kappa shape index (κ3) is 9.01. The van der Waals surface area contributed by atoms with Gasteiger partial charge in [0.25, 0.3) is 0 Å². The number of nitrogens with two attached hydrogens (primary N) is 2. The van der Waals surface area contributed by atoms with Crippen LogP contribution in [-0.4, -0.2) is 41.4 Å². The lowest BCUT2D eigenvalue weighted by molar-refractivity contribution is -0.136. The number of hydrogen-bond acceptors (Lipinski definition) is 9. The summed E-state index contributed by atoms with van der Waals surface area (Å²) in [5, 5.41) is 2.62. The normalized spacial score (nSPS) is 12.5. The Morgan fingerprint density at radius 1 is 0.839 bits per heavy atom. The molecular formula is C21H25N3O5S2. The van der Waals surface area contributed by atoms with Crippen LogP contribution >= 0.6 is 21.6 Å². The summed E-state index contributed by atoms with van der Waals surface area (Å²) in [5.74, 6) is 0.0671. The van der Waals surface area contributed by atoms with E-state index in [1.165, 1.54) is 28.5 Å². The summed E-state index contributed by atoms with van der Waals surface area (Å²) >= 11 is 0. The maximum Gasteiger partial charge on any atom is 0.329 e. The number of carbonyl (C=O) groups excluding carboxylic acids is 3. The highest BCUT2D eigenvalue weighted by atomic mass is 33.1. The third-order valence-electron chi connectivity index (χ3n) is 3.82. The maximum absolute atomic E-state index is 12.1. The molecule has 0 spiro atoms. The van der Waals surface area contributed by atoms with Crippen LogP contribution in [0.3, 0.4) is 0 Å². The number of aryl methyl sites for hydroxylation is 1. The van der Waals surface area contributed by atoms with Crippen LogP contribution in [0.25, 0.3) is 0 Å². The molecule has 2 unspecified atom stereocenters. The second kappa shape index (κ2) is 12.4. The minimum Gasteiger partial charge on any atom is -0.425 e. The van der Waals surface area contributed by atoms with E-state index >= 15 is 0 Å². The average molecular weight is 464 g/mol. The minimum atomic E-state index is -0.844. The van der Waals surface area contributed by atoms with Crippen molar-refractivity contribution in [3.05, 3.63) is 54.1 Å². The van der Waals surface area contributed by atoms with E-state index in [1.807, 2.05) is 19.1 Å². The molecule has 2 atom stereocenters. The standard InChI is InChI=1S/C21H25N3O5S2/c1-13-3-7-16(8-4-13)28-20(26)18(22)11-30-31-12-19(23)21(27)29-17-9-5-15(6-10-17)24-14(2)25/h3-10,18-19H,11-12,22-23H2,1-2H3,(H,24,25). The Morgan fingerprint density at radius 2 is 1.26 bits per heavy atom. The van der Waals surface area contributed by atoms with Gasteiger partial charge in [-0.3, -0.25) is 4.79 Å². The lowest BCUT2D eigenvalue weighted by Gasteiger charge is -2.13. The molecule has 2 rings (SSSR count). The average Bonchev–Trinajstić information content (AvgIpc) is 2.73. The lowest BCUT2D eigenvalue weighted by atomic mass is 10.2. The molecule has 0 radical (unpaired) electrons. The predicted octanol–water partition coefficient (Wildman–Crippen LogP) is 2.50. The molecule has 0 heterocycles. The van der Waals surface area contributed by atoms with E-state index in [2.05, 4.69) is 5.32 Å². The number of rotatable bonds is 10. The first-order chi connectivity index (χ1) is 14.7. The van der Waals surface area contributed by atoms with Crippen molar-refractivity contribution in [1.82, 2.24) is 0 Å². The van der Waals surface area contributed by atoms with Crippen LogP contribution in [-0.2, 0) is 14.4 Å². The number of ether oxygens (including phenoxy) is 2. The smallest absolute Gasteiger partial charge is 0.329 e. The molecule has 31 heavy (non-hydrogen) atoms. The van der Waals surface area contributed by atoms with Gasteiger partial charge in [0, 0.05) is 24.1 Å². The van der Waals surface area contributed by atoms with Gasteiger partial charge in [0.15, 0.2) is 0 Å². The van der Waals surface area contributed by atoms with Crippen LogP contribution in [0, 0.1) is 6.92 Å². The number of nitrogens with one attached hydrogen (secondary N) is 1. The van der Waals surface area contributed by atoms with Crippen LogP contribution in [0.15, 0.2) is 48.5 Å². The molecule has 0 fully saturated rings. The third-order valence-corrected chi connectivity index (χ3v) is 6.29. The fourth-order valence-corrected chi connectivity index (χ4v) is 4.39. The highest BCUT2D eigenvalue weighted by molar-refractivity contribution is 8.76. The molecule has 10 heteroatoms. The number of amides is 1. The zero-order valence-electron chi connectivity index (χ0n) is 17.2. The second-order valence-electron chi connectivity index (χ2n) is 6.64. The molecule has 2 aromatic carbocycles. The maximum atomic E-state index is 12.1. The predicted molar refractivity (Wildman–Crippen MR) is 124 cm³/mol. The second-order valence-corrected chi connectivity index (χ2v) is 9.20. The van der Waals surface area contributed by atoms with Gasteiger partial charge in [-0.25, -0.2) is 9.59 Å². The number of anilines is 1. The highest BCUT2D eigenvalue weighted by Gasteiger charge is 2.19. The Hall–Kier alpha value is -2.53. The summed E-state index contributed by atoms with van der Waals surface area (Å²) in [6.07, 6.45) is 0. The van der Waals surface area contributed by atoms with Crippen LogP contribution in [0.2, 0.25) is 0 Å². The number of esters is 2. The topological polar surface area (TPSA) is 134 Å². The van der Waals surface area contributed by atoms with E-state index in [4.69, 9.17) is 20.9 Å². The molecule has 0 saturated heterocycles. The van der Waals surface area contributed by atoms with E-state index in [9.17, 15) is 14.4 Å². The molecule has 5 N–H and O–H groups in total. The molecular weight excluding hydrogens is 438 g/mol. The van der Waals surface area contributed by atoms with Gasteiger partial charge in [0.05, 0.1) is 0 Å². The van der Waals surface area contributed by atoms with Crippen molar-refractivity contribution in [2.45, 2.75) is 25.9 Å². The van der Waals surface area contributed by atoms with E-state index in [0.29, 0.717) is 22.9 Å². The zero-order chi connectivity index (χ0) is 22.8. The Bertz CT molecular complexity index is 891. The van der Waals surface area contributed by atoms with Gasteiger partial charge in [0.1, 0.15) is 23.6 Å². The Labute approximate surface area is 188 Å². The van der Waals surface area contributed by atoms with Crippen molar-refractivity contribution in [1.29, 1.82) is 0 Å². The summed E-state index contributed by atoms with van der Waals surface area (Å²) in [4.78, 5) is 35.1. The largest absolute Gasteiger partial charge is 0.425 e. The van der Waals surface area contributed by atoms with Gasteiger partial charge in [-0.1, -0.05) is 39.3 Å². The van der Waals surface area contributed by atoms with Crippen molar-refractivity contribution < 1.29 is 23.9 Å². The van der Waals surface area contributed by atoms with Gasteiger partial charge in [0.2, 0.25) is 5.91 Å². The first kappa shape index (κ1) is 24.7. The van der Waals surface area contributed by atoms with E-state index in [-0.39, 0.29) is 11.7 Å². The molecule has 0 aliphatic rings. The number of hydrogen-bond donors (Lipinski definition) is 3. The van der Waals surface area contributed by atoms with Gasteiger partial charge >= 0.3 is 11.9 Å². The van der Waals surface area contributed by atoms with Crippen LogP contribution in [0.4, 0.5) is 5.69 Å². The van der Waals surface area contributed by atoms with Crippen LogP contribution < -0.4 is 26.3 Å². The highest BCUT2D eigenvalue weighted by Crippen LogP contribution is 2.23.